The minimum atomic E-state index is -0.547. The molecular weight excluding hydrogens is 202 g/mol. The van der Waals surface area contributed by atoms with E-state index in [1.54, 1.807) is 7.11 Å². The summed E-state index contributed by atoms with van der Waals surface area (Å²) in [5.74, 6) is 0. The van der Waals surface area contributed by atoms with Crippen molar-refractivity contribution >= 4 is 0 Å². The number of hydrogen-bond acceptors (Lipinski definition) is 3. The third-order valence-electron chi connectivity index (χ3n) is 4.46. The maximum Gasteiger partial charge on any atom is 0.0766 e. The fraction of sp³-hybridized carbons (Fsp3) is 1.00. The Hall–Kier alpha value is -0.120. The molecule has 0 aliphatic heterocycles. The van der Waals surface area contributed by atoms with Crippen LogP contribution in [0.3, 0.4) is 0 Å². The molecule has 0 saturated heterocycles. The van der Waals surface area contributed by atoms with Gasteiger partial charge >= 0.3 is 0 Å². The molecule has 0 aromatic carbocycles. The van der Waals surface area contributed by atoms with Crippen molar-refractivity contribution in [2.45, 2.75) is 64.7 Å². The summed E-state index contributed by atoms with van der Waals surface area (Å²) >= 11 is 0. The van der Waals surface area contributed by atoms with Gasteiger partial charge in [-0.2, -0.15) is 0 Å². The Morgan fingerprint density at radius 3 is 2.31 bits per heavy atom. The second-order valence-corrected chi connectivity index (χ2v) is 5.65. The SMILES string of the molecule is CCC(O)(CC)CNC1CC(OC)C1(C)C. The van der Waals surface area contributed by atoms with Crippen LogP contribution in [0.1, 0.15) is 47.0 Å². The van der Waals surface area contributed by atoms with E-state index in [0.29, 0.717) is 18.7 Å². The Morgan fingerprint density at radius 1 is 1.38 bits per heavy atom. The van der Waals surface area contributed by atoms with Gasteiger partial charge in [-0.3, -0.25) is 0 Å². The third kappa shape index (κ3) is 2.58. The molecule has 3 heteroatoms. The molecule has 16 heavy (non-hydrogen) atoms. The number of hydrogen-bond donors (Lipinski definition) is 2. The van der Waals surface area contributed by atoms with Crippen LogP contribution in [0.4, 0.5) is 0 Å². The molecule has 0 amide bonds. The molecule has 1 aliphatic carbocycles. The van der Waals surface area contributed by atoms with Crippen LogP contribution < -0.4 is 5.32 Å². The highest BCUT2D eigenvalue weighted by atomic mass is 16.5. The number of ether oxygens (including phenoxy) is 1. The van der Waals surface area contributed by atoms with Crippen molar-refractivity contribution in [2.24, 2.45) is 5.41 Å². The lowest BCUT2D eigenvalue weighted by atomic mass is 9.64. The fourth-order valence-corrected chi connectivity index (χ4v) is 2.44. The molecule has 2 unspecified atom stereocenters. The van der Waals surface area contributed by atoms with Gasteiger partial charge in [0.1, 0.15) is 0 Å². The lowest BCUT2D eigenvalue weighted by Crippen LogP contribution is -2.62. The van der Waals surface area contributed by atoms with E-state index in [-0.39, 0.29) is 5.41 Å². The van der Waals surface area contributed by atoms with E-state index in [0.717, 1.165) is 19.3 Å². The van der Waals surface area contributed by atoms with Crippen molar-refractivity contribution in [1.82, 2.24) is 5.32 Å². The van der Waals surface area contributed by atoms with E-state index in [1.807, 2.05) is 13.8 Å². The van der Waals surface area contributed by atoms with Crippen LogP contribution in [0.15, 0.2) is 0 Å². The van der Waals surface area contributed by atoms with Crippen molar-refractivity contribution in [2.75, 3.05) is 13.7 Å². The number of nitrogens with one attached hydrogen (secondary N) is 1. The first kappa shape index (κ1) is 13.9. The van der Waals surface area contributed by atoms with E-state index in [9.17, 15) is 5.11 Å². The first-order chi connectivity index (χ1) is 7.39. The Morgan fingerprint density at radius 2 is 1.94 bits per heavy atom. The van der Waals surface area contributed by atoms with Gasteiger partial charge in [0.15, 0.2) is 0 Å². The second-order valence-electron chi connectivity index (χ2n) is 5.65. The van der Waals surface area contributed by atoms with E-state index in [4.69, 9.17) is 4.74 Å². The number of methoxy groups -OCH3 is 1. The van der Waals surface area contributed by atoms with Crippen LogP contribution in [0.2, 0.25) is 0 Å². The molecule has 0 heterocycles. The molecule has 2 N–H and O–H groups in total. The molecule has 0 radical (unpaired) electrons. The Kier molecular flexibility index (Phi) is 4.38. The Balaban J connectivity index is 2.41. The summed E-state index contributed by atoms with van der Waals surface area (Å²) in [6.45, 7) is 9.20. The van der Waals surface area contributed by atoms with Crippen molar-refractivity contribution in [3.8, 4) is 0 Å². The summed E-state index contributed by atoms with van der Waals surface area (Å²) in [4.78, 5) is 0. The summed E-state index contributed by atoms with van der Waals surface area (Å²) in [5, 5.41) is 13.7. The van der Waals surface area contributed by atoms with Crippen LogP contribution in [0, 0.1) is 5.41 Å². The summed E-state index contributed by atoms with van der Waals surface area (Å²) in [6, 6.07) is 0.460. The quantitative estimate of drug-likeness (QED) is 0.731. The molecule has 1 rings (SSSR count). The van der Waals surface area contributed by atoms with Gasteiger partial charge in [0.2, 0.25) is 0 Å². The number of rotatable bonds is 6. The first-order valence-corrected chi connectivity index (χ1v) is 6.38. The lowest BCUT2D eigenvalue weighted by molar-refractivity contribution is -0.103. The maximum atomic E-state index is 10.2. The van der Waals surface area contributed by atoms with Gasteiger partial charge in [0.05, 0.1) is 11.7 Å². The van der Waals surface area contributed by atoms with Crippen LogP contribution in [-0.4, -0.2) is 36.5 Å². The molecule has 96 valence electrons. The topological polar surface area (TPSA) is 41.5 Å². The zero-order valence-electron chi connectivity index (χ0n) is 11.3. The molecule has 3 nitrogen and oxygen atoms in total. The monoisotopic (exact) mass is 229 g/mol. The third-order valence-corrected chi connectivity index (χ3v) is 4.46. The van der Waals surface area contributed by atoms with Crippen molar-refractivity contribution in [1.29, 1.82) is 0 Å². The Labute approximate surface area is 99.6 Å². The van der Waals surface area contributed by atoms with Gasteiger partial charge in [0, 0.05) is 25.1 Å². The minimum Gasteiger partial charge on any atom is -0.389 e. The van der Waals surface area contributed by atoms with E-state index >= 15 is 0 Å². The molecule has 1 saturated carbocycles. The van der Waals surface area contributed by atoms with Crippen LogP contribution in [0.5, 0.6) is 0 Å². The molecule has 0 spiro atoms. The van der Waals surface area contributed by atoms with Crippen molar-refractivity contribution < 1.29 is 9.84 Å². The molecule has 0 bridgehead atoms. The second kappa shape index (κ2) is 5.03. The van der Waals surface area contributed by atoms with Crippen molar-refractivity contribution in [3.05, 3.63) is 0 Å². The smallest absolute Gasteiger partial charge is 0.0766 e. The molecule has 1 aliphatic rings. The summed E-state index contributed by atoms with van der Waals surface area (Å²) in [5.41, 5.74) is -0.370. The predicted molar refractivity (Wildman–Crippen MR) is 66.5 cm³/mol. The summed E-state index contributed by atoms with van der Waals surface area (Å²) in [6.07, 6.45) is 3.00. The summed E-state index contributed by atoms with van der Waals surface area (Å²) < 4.78 is 5.41. The van der Waals surface area contributed by atoms with Crippen LogP contribution in [-0.2, 0) is 4.74 Å². The highest BCUT2D eigenvalue weighted by molar-refractivity contribution is 5.03. The highest BCUT2D eigenvalue weighted by Gasteiger charge is 2.48. The maximum absolute atomic E-state index is 10.2. The van der Waals surface area contributed by atoms with Gasteiger partial charge in [0.25, 0.3) is 0 Å². The average Bonchev–Trinajstić information content (AvgIpc) is 2.27. The molecule has 0 aromatic heterocycles. The molecular formula is C13H27NO2. The lowest BCUT2D eigenvalue weighted by Gasteiger charge is -2.52. The van der Waals surface area contributed by atoms with Gasteiger partial charge in [-0.1, -0.05) is 27.7 Å². The largest absolute Gasteiger partial charge is 0.389 e. The zero-order chi connectivity index (χ0) is 12.4. The normalized spacial score (nSPS) is 28.9. The Bertz CT molecular complexity index is 224. The zero-order valence-corrected chi connectivity index (χ0v) is 11.3. The molecule has 0 aromatic rings. The van der Waals surface area contributed by atoms with Crippen LogP contribution >= 0.6 is 0 Å². The highest BCUT2D eigenvalue weighted by Crippen LogP contribution is 2.42. The first-order valence-electron chi connectivity index (χ1n) is 6.38. The van der Waals surface area contributed by atoms with E-state index in [2.05, 4.69) is 19.2 Å². The van der Waals surface area contributed by atoms with Gasteiger partial charge in [-0.05, 0) is 19.3 Å². The van der Waals surface area contributed by atoms with Gasteiger partial charge in [-0.15, -0.1) is 0 Å². The molecule has 1 fully saturated rings. The van der Waals surface area contributed by atoms with E-state index < -0.39 is 5.60 Å². The van der Waals surface area contributed by atoms with Gasteiger partial charge < -0.3 is 15.2 Å². The predicted octanol–water partition coefficient (Wildman–Crippen LogP) is 1.94. The standard InChI is InChI=1S/C13H27NO2/c1-6-13(15,7-2)9-14-10-8-11(16-5)12(10,3)4/h10-11,14-15H,6-9H2,1-5H3. The fourth-order valence-electron chi connectivity index (χ4n) is 2.44. The van der Waals surface area contributed by atoms with Crippen molar-refractivity contribution in [3.63, 3.8) is 0 Å². The average molecular weight is 229 g/mol. The summed E-state index contributed by atoms with van der Waals surface area (Å²) in [7, 11) is 1.77. The number of aliphatic hydroxyl groups is 1. The van der Waals surface area contributed by atoms with Gasteiger partial charge in [-0.25, -0.2) is 0 Å². The minimum absolute atomic E-state index is 0.178. The molecule has 2 atom stereocenters. The van der Waals surface area contributed by atoms with Crippen LogP contribution in [0.25, 0.3) is 0 Å². The van der Waals surface area contributed by atoms with E-state index in [1.165, 1.54) is 0 Å².